The summed E-state index contributed by atoms with van der Waals surface area (Å²) in [5.74, 6) is 0.391. The Hall–Kier alpha value is -2.38. The van der Waals surface area contributed by atoms with Gasteiger partial charge in [-0.3, -0.25) is 27.5 Å². The number of aromatic nitrogens is 6. The summed E-state index contributed by atoms with van der Waals surface area (Å²) in [6, 6.07) is -0.809. The van der Waals surface area contributed by atoms with Gasteiger partial charge in [0.25, 0.3) is 5.56 Å². The molecule has 3 aromatic heterocycles. The molecule has 242 valence electrons. The topological polar surface area (TPSA) is 187 Å². The molecule has 0 aromatic carbocycles. The van der Waals surface area contributed by atoms with Gasteiger partial charge in [-0.15, -0.1) is 0 Å². The molecule has 45 heavy (non-hydrogen) atoms. The minimum absolute atomic E-state index is 0.0314. The van der Waals surface area contributed by atoms with E-state index in [9.17, 15) is 19.0 Å². The highest BCUT2D eigenvalue weighted by Crippen LogP contribution is 2.62. The van der Waals surface area contributed by atoms with Crippen molar-refractivity contribution in [2.45, 2.75) is 55.4 Å². The van der Waals surface area contributed by atoms with Crippen LogP contribution in [0.5, 0.6) is 0 Å². The van der Waals surface area contributed by atoms with Crippen molar-refractivity contribution < 1.29 is 41.5 Å². The van der Waals surface area contributed by atoms with Gasteiger partial charge >= 0.3 is 13.6 Å². The highest BCUT2D eigenvalue weighted by atomic mass is 32.7. The summed E-state index contributed by atoms with van der Waals surface area (Å²) in [6.07, 6.45) is -5.20. The number of aryl methyl sites for hydroxylation is 1. The molecular weight excluding hydrogens is 677 g/mol. The van der Waals surface area contributed by atoms with Crippen molar-refractivity contribution in [1.29, 1.82) is 0 Å². The lowest BCUT2D eigenvalue weighted by Gasteiger charge is -2.29. The molecule has 1 N–H and O–H groups in total. The largest absolute Gasteiger partial charge is 0.388 e. The number of imidazole rings is 2. The predicted molar refractivity (Wildman–Crippen MR) is 162 cm³/mol. The Kier molecular flexibility index (Phi) is 7.71. The van der Waals surface area contributed by atoms with Gasteiger partial charge in [0.15, 0.2) is 29.4 Å². The van der Waals surface area contributed by atoms with Gasteiger partial charge in [-0.25, -0.2) is 33.5 Å². The molecule has 0 spiro atoms. The lowest BCUT2D eigenvalue weighted by atomic mass is 10.1. The van der Waals surface area contributed by atoms with E-state index in [4.69, 9.17) is 22.8 Å². The van der Waals surface area contributed by atoms with Crippen LogP contribution in [-0.2, 0) is 39.0 Å². The fourth-order valence-electron chi connectivity index (χ4n) is 5.83. The summed E-state index contributed by atoms with van der Waals surface area (Å²) in [7, 11) is 3.24. The first-order valence-corrected chi connectivity index (χ1v) is 18.9. The number of thiol groups is 2. The Balaban J connectivity index is 1.20. The van der Waals surface area contributed by atoms with Gasteiger partial charge < -0.3 is 23.9 Å². The molecule has 2 saturated heterocycles. The zero-order valence-electron chi connectivity index (χ0n) is 23.5. The minimum atomic E-state index is -4.43. The van der Waals surface area contributed by atoms with Crippen molar-refractivity contribution in [3.05, 3.63) is 41.6 Å². The predicted octanol–water partition coefficient (Wildman–Crippen LogP) is 2.41. The van der Waals surface area contributed by atoms with E-state index in [0.29, 0.717) is 17.2 Å². The average molecular weight is 705 g/mol. The number of nitrogens with zero attached hydrogens (tertiary/aromatic N) is 8. The van der Waals surface area contributed by atoms with Crippen LogP contribution in [0.25, 0.3) is 16.9 Å². The van der Waals surface area contributed by atoms with E-state index in [-0.39, 0.29) is 17.6 Å². The van der Waals surface area contributed by atoms with Crippen molar-refractivity contribution in [2.75, 3.05) is 13.7 Å². The van der Waals surface area contributed by atoms with E-state index >= 15 is 4.39 Å². The second-order valence-electron chi connectivity index (χ2n) is 10.9. The SMILES string of the molecule is C=C1c2ncn([C@@H]3C[C@@H]4OP(=O)(S)O[C@H]5[C@@H](F)[C@H](n6cnc7c(=O)n(C)cnc76)O[C@@H]5COP(=O)(S)O[C@@H]3[C@@H]4O)c2N=CN1C. The van der Waals surface area contributed by atoms with Crippen LogP contribution in [0.2, 0.25) is 0 Å². The first kappa shape index (κ1) is 31.2. The van der Waals surface area contributed by atoms with Gasteiger partial charge in [0.1, 0.15) is 30.1 Å². The average Bonchev–Trinajstić information content (AvgIpc) is 3.73. The van der Waals surface area contributed by atoms with E-state index in [0.717, 1.165) is 0 Å². The monoisotopic (exact) mass is 704 g/mol. The normalized spacial score (nSPS) is 38.6. The van der Waals surface area contributed by atoms with Crippen LogP contribution in [0.3, 0.4) is 0 Å². The third-order valence-corrected chi connectivity index (χ3v) is 11.3. The highest BCUT2D eigenvalue weighted by molar-refractivity contribution is 8.44. The van der Waals surface area contributed by atoms with E-state index in [1.165, 1.54) is 41.5 Å². The zero-order valence-corrected chi connectivity index (χ0v) is 27.1. The minimum Gasteiger partial charge on any atom is -0.388 e. The molecule has 22 heteroatoms. The zero-order chi connectivity index (χ0) is 32.0. The second kappa shape index (κ2) is 11.1. The first-order chi connectivity index (χ1) is 21.2. The number of aliphatic hydroxyl groups excluding tert-OH is 1. The summed E-state index contributed by atoms with van der Waals surface area (Å²) in [5, 5.41) is 11.3. The maximum Gasteiger partial charge on any atom is 0.386 e. The summed E-state index contributed by atoms with van der Waals surface area (Å²) in [4.78, 5) is 31.2. The summed E-state index contributed by atoms with van der Waals surface area (Å²) >= 11 is 8.21. The van der Waals surface area contributed by atoms with Crippen molar-refractivity contribution >= 4 is 67.1 Å². The molecule has 0 amide bonds. The van der Waals surface area contributed by atoms with Crippen LogP contribution in [-0.4, -0.2) is 95.3 Å². The van der Waals surface area contributed by atoms with Crippen LogP contribution < -0.4 is 5.56 Å². The van der Waals surface area contributed by atoms with Crippen LogP contribution in [0.15, 0.2) is 35.3 Å². The quantitative estimate of drug-likeness (QED) is 0.261. The first-order valence-electron chi connectivity index (χ1n) is 13.5. The standard InChI is InChI=1S/C23H27FN8O9P2S2/c1-10-15-20(27-6-29(10)2)31(8-25-15)11-4-12-17(33)18(11)40-42(35,44)37-5-13-19(41-43(36,45)39-12)14(24)23(38-13)32-9-26-16-21(32)28-7-30(3)22(16)34/h6-9,11-14,17-19,23,33H,1,4-5H2,2-3H3,(H,35,44)(H,36,45)/t11-,12+,13-,14-,17-,18+,19-,23-,42?,43?/m1/s1. The van der Waals surface area contributed by atoms with Crippen molar-refractivity contribution in [2.24, 2.45) is 12.0 Å². The van der Waals surface area contributed by atoms with Gasteiger partial charge in [0.05, 0.1) is 49.8 Å². The maximum absolute atomic E-state index is 16.1. The molecule has 7 rings (SSSR count). The number of hydrogen-bond acceptors (Lipinski definition) is 14. The van der Waals surface area contributed by atoms with Crippen LogP contribution in [0.1, 0.15) is 24.4 Å². The lowest BCUT2D eigenvalue weighted by molar-refractivity contribution is -0.0519. The molecule has 17 nitrogen and oxygen atoms in total. The molecular formula is C23H27FN8O9P2S2. The third-order valence-electron chi connectivity index (χ3n) is 8.11. The van der Waals surface area contributed by atoms with Gasteiger partial charge in [-0.2, -0.15) is 0 Å². The van der Waals surface area contributed by atoms with Crippen molar-refractivity contribution in [1.82, 2.24) is 33.6 Å². The van der Waals surface area contributed by atoms with Gasteiger partial charge in [-0.1, -0.05) is 31.1 Å². The molecule has 6 heterocycles. The molecule has 1 saturated carbocycles. The number of ether oxygens (including phenoxy) is 1. The molecule has 3 fully saturated rings. The number of alkyl halides is 1. The highest BCUT2D eigenvalue weighted by Gasteiger charge is 2.55. The van der Waals surface area contributed by atoms with E-state index in [1.54, 1.807) is 16.5 Å². The Bertz CT molecular complexity index is 1890. The Morgan fingerprint density at radius 3 is 2.53 bits per heavy atom. The molecule has 3 aromatic rings. The maximum atomic E-state index is 16.1. The molecule has 4 aliphatic rings. The number of halogens is 1. The fraction of sp³-hybridized carbons (Fsp3) is 0.522. The van der Waals surface area contributed by atoms with Gasteiger partial charge in [0, 0.05) is 20.5 Å². The molecule has 0 radical (unpaired) electrons. The van der Waals surface area contributed by atoms with Crippen molar-refractivity contribution in [3.8, 4) is 0 Å². The smallest absolute Gasteiger partial charge is 0.386 e. The Morgan fingerprint density at radius 2 is 1.76 bits per heavy atom. The van der Waals surface area contributed by atoms with Crippen LogP contribution in [0, 0.1) is 0 Å². The van der Waals surface area contributed by atoms with Gasteiger partial charge in [0.2, 0.25) is 0 Å². The lowest BCUT2D eigenvalue weighted by Crippen LogP contribution is -2.37. The third kappa shape index (κ3) is 5.34. The summed E-state index contributed by atoms with van der Waals surface area (Å²) < 4.78 is 75.7. The summed E-state index contributed by atoms with van der Waals surface area (Å²) in [6.45, 7) is -5.31. The molecule has 2 bridgehead atoms. The Labute approximate surface area is 264 Å². The van der Waals surface area contributed by atoms with Crippen molar-refractivity contribution in [3.63, 3.8) is 0 Å². The fourth-order valence-corrected chi connectivity index (χ4v) is 9.18. The number of fused-ring (bicyclic) bond motifs is 5. The molecule has 3 aliphatic heterocycles. The van der Waals surface area contributed by atoms with Gasteiger partial charge in [-0.05, 0) is 0 Å². The van der Waals surface area contributed by atoms with Crippen LogP contribution in [0.4, 0.5) is 10.2 Å². The number of aliphatic imine (C=N–C) groups is 1. The van der Waals surface area contributed by atoms with E-state index in [1.807, 2.05) is 0 Å². The molecule has 10 atom stereocenters. The summed E-state index contributed by atoms with van der Waals surface area (Å²) in [5.41, 5.74) is 0.574. The van der Waals surface area contributed by atoms with E-state index in [2.05, 4.69) is 51.0 Å². The second-order valence-corrected chi connectivity index (χ2v) is 16.6. The number of rotatable bonds is 2. The molecule has 1 aliphatic carbocycles. The number of aliphatic hydroxyl groups is 1. The van der Waals surface area contributed by atoms with E-state index < -0.39 is 74.7 Å². The molecule has 2 unspecified atom stereocenters. The number of hydrogen-bond donors (Lipinski definition) is 3. The Morgan fingerprint density at radius 1 is 1.02 bits per heavy atom. The van der Waals surface area contributed by atoms with Crippen LogP contribution >= 0.6 is 38.1 Å².